The molecule has 3 aliphatic rings. The summed E-state index contributed by atoms with van der Waals surface area (Å²) in [6, 6.07) is 6.43. The van der Waals surface area contributed by atoms with Crippen molar-refractivity contribution in [2.75, 3.05) is 11.9 Å². The monoisotopic (exact) mass is 421 g/mol. The second kappa shape index (κ2) is 7.58. The minimum atomic E-state index is -0.958. The van der Waals surface area contributed by atoms with Crippen LogP contribution in [0.2, 0.25) is 0 Å². The van der Waals surface area contributed by atoms with Crippen LogP contribution in [0.5, 0.6) is 0 Å². The van der Waals surface area contributed by atoms with Gasteiger partial charge in [-0.05, 0) is 58.9 Å². The molecule has 0 spiro atoms. The number of hydrogen-bond donors (Lipinski definition) is 1. The summed E-state index contributed by atoms with van der Waals surface area (Å²) in [4.78, 5) is 24.8. The van der Waals surface area contributed by atoms with E-state index >= 15 is 0 Å². The Kier molecular flexibility index (Phi) is 5.36. The molecule has 1 aromatic carbocycles. The van der Waals surface area contributed by atoms with Crippen LogP contribution < -0.4 is 5.32 Å². The van der Waals surface area contributed by atoms with Gasteiger partial charge in [0.1, 0.15) is 18.3 Å². The molecule has 0 aromatic heterocycles. The Morgan fingerprint density at radius 3 is 2.20 bits per heavy atom. The van der Waals surface area contributed by atoms with Gasteiger partial charge in [-0.15, -0.1) is 0 Å². The molecular weight excluding hydrogens is 394 g/mol. The van der Waals surface area contributed by atoms with Gasteiger partial charge in [0.05, 0.1) is 12.2 Å². The summed E-state index contributed by atoms with van der Waals surface area (Å²) < 4.78 is 34.6. The molecule has 9 heteroatoms. The Morgan fingerprint density at radius 2 is 1.53 bits per heavy atom. The summed E-state index contributed by atoms with van der Waals surface area (Å²) in [6.45, 7) is 9.16. The molecule has 1 aromatic rings. The molecule has 0 saturated carbocycles. The molecule has 30 heavy (non-hydrogen) atoms. The Balaban J connectivity index is 1.50. The van der Waals surface area contributed by atoms with Gasteiger partial charge in [-0.1, -0.05) is 0 Å². The average molecular weight is 421 g/mol. The number of nitrogens with one attached hydrogen (secondary N) is 1. The summed E-state index contributed by atoms with van der Waals surface area (Å²) >= 11 is 0. The van der Waals surface area contributed by atoms with Crippen molar-refractivity contribution in [2.24, 2.45) is 0 Å². The van der Waals surface area contributed by atoms with Crippen molar-refractivity contribution in [1.29, 1.82) is 0 Å². The largest absolute Gasteiger partial charge is 0.462 e. The maximum Gasteiger partial charge on any atom is 0.338 e. The first-order valence-electron chi connectivity index (χ1n) is 10.0. The van der Waals surface area contributed by atoms with Crippen molar-refractivity contribution in [3.05, 3.63) is 29.8 Å². The van der Waals surface area contributed by atoms with E-state index in [-0.39, 0.29) is 0 Å². The Hall–Kier alpha value is -2.04. The van der Waals surface area contributed by atoms with E-state index in [1.165, 1.54) is 0 Å². The first kappa shape index (κ1) is 21.2. The van der Waals surface area contributed by atoms with Gasteiger partial charge in [0, 0.05) is 5.69 Å². The molecule has 3 saturated heterocycles. The zero-order chi connectivity index (χ0) is 21.7. The molecule has 3 heterocycles. The van der Waals surface area contributed by atoms with Crippen LogP contribution in [0.1, 0.15) is 45.0 Å². The molecular formula is C21H27NO8. The van der Waals surface area contributed by atoms with Crippen molar-refractivity contribution < 1.29 is 38.0 Å². The standard InChI is InChI=1S/C21H27NO8/c1-6-25-18(24)11-7-9-12(10-8-11)22-17(23)15-13-14(28-20(2,3)27-13)16-19(26-15)30-21(4,5)29-16/h7-10,13-16,19H,6H2,1-5H3,(H,22,23)/t13-,14+,15+,16-,19-/m1/s1. The second-order valence-corrected chi connectivity index (χ2v) is 8.38. The second-order valence-electron chi connectivity index (χ2n) is 8.38. The predicted molar refractivity (Wildman–Crippen MR) is 104 cm³/mol. The topological polar surface area (TPSA) is 102 Å². The normalized spacial score (nSPS) is 33.4. The molecule has 3 fully saturated rings. The van der Waals surface area contributed by atoms with Crippen molar-refractivity contribution in [3.63, 3.8) is 0 Å². The highest BCUT2D eigenvalue weighted by atomic mass is 16.9. The van der Waals surface area contributed by atoms with Crippen molar-refractivity contribution in [2.45, 2.75) is 76.9 Å². The Labute approximate surface area is 174 Å². The molecule has 0 radical (unpaired) electrons. The molecule has 164 valence electrons. The van der Waals surface area contributed by atoms with Gasteiger partial charge >= 0.3 is 5.97 Å². The zero-order valence-corrected chi connectivity index (χ0v) is 17.7. The molecule has 1 N–H and O–H groups in total. The maximum atomic E-state index is 13.0. The Bertz CT molecular complexity index is 821. The molecule has 9 nitrogen and oxygen atoms in total. The van der Waals surface area contributed by atoms with Crippen LogP contribution in [0.4, 0.5) is 5.69 Å². The van der Waals surface area contributed by atoms with Gasteiger partial charge < -0.3 is 33.7 Å². The number of benzene rings is 1. The van der Waals surface area contributed by atoms with Gasteiger partial charge in [0.2, 0.25) is 0 Å². The van der Waals surface area contributed by atoms with E-state index in [2.05, 4.69) is 5.32 Å². The lowest BCUT2D eigenvalue weighted by molar-refractivity contribution is -0.229. The van der Waals surface area contributed by atoms with Crippen molar-refractivity contribution >= 4 is 17.6 Å². The lowest BCUT2D eigenvalue weighted by Crippen LogP contribution is -2.58. The smallest absolute Gasteiger partial charge is 0.338 e. The third-order valence-corrected chi connectivity index (χ3v) is 5.08. The zero-order valence-electron chi connectivity index (χ0n) is 17.7. The molecule has 3 aliphatic heterocycles. The average Bonchev–Trinajstić information content (AvgIpc) is 3.15. The summed E-state index contributed by atoms with van der Waals surface area (Å²) in [7, 11) is 0. The summed E-state index contributed by atoms with van der Waals surface area (Å²) in [5.41, 5.74) is 0.914. The molecule has 0 aliphatic carbocycles. The van der Waals surface area contributed by atoms with Gasteiger partial charge in [-0.3, -0.25) is 4.79 Å². The highest BCUT2D eigenvalue weighted by molar-refractivity contribution is 5.96. The minimum absolute atomic E-state index is 0.294. The van der Waals surface area contributed by atoms with Crippen LogP contribution in [-0.4, -0.2) is 60.8 Å². The number of carbonyl (C=O) groups is 2. The fraction of sp³-hybridized carbons (Fsp3) is 0.619. The SMILES string of the molecule is CCOC(=O)c1ccc(NC(=O)[C@H]2O[C@@H]3OC(C)(C)O[C@@H]3[C@H]3OC(C)(C)O[C@H]32)cc1. The van der Waals surface area contributed by atoms with Crippen molar-refractivity contribution in [3.8, 4) is 0 Å². The first-order chi connectivity index (χ1) is 14.1. The van der Waals surface area contributed by atoms with Crippen LogP contribution in [0, 0.1) is 0 Å². The molecule has 1 amide bonds. The summed E-state index contributed by atoms with van der Waals surface area (Å²) in [5, 5.41) is 2.80. The van der Waals surface area contributed by atoms with Crippen LogP contribution in [-0.2, 0) is 33.2 Å². The van der Waals surface area contributed by atoms with Gasteiger partial charge in [-0.25, -0.2) is 4.79 Å². The van der Waals surface area contributed by atoms with E-state index in [9.17, 15) is 9.59 Å². The highest BCUT2D eigenvalue weighted by Gasteiger charge is 2.62. The molecule has 4 rings (SSSR count). The summed E-state index contributed by atoms with van der Waals surface area (Å²) in [5.74, 6) is -2.56. The van der Waals surface area contributed by atoms with Crippen LogP contribution >= 0.6 is 0 Å². The minimum Gasteiger partial charge on any atom is -0.462 e. The first-order valence-corrected chi connectivity index (χ1v) is 10.0. The van der Waals surface area contributed by atoms with Gasteiger partial charge in [0.15, 0.2) is 24.0 Å². The number of ether oxygens (including phenoxy) is 6. The van der Waals surface area contributed by atoms with E-state index in [1.807, 2.05) is 0 Å². The third kappa shape index (κ3) is 4.08. The number of rotatable bonds is 4. The lowest BCUT2D eigenvalue weighted by Gasteiger charge is -2.36. The van der Waals surface area contributed by atoms with Gasteiger partial charge in [-0.2, -0.15) is 0 Å². The van der Waals surface area contributed by atoms with Crippen LogP contribution in [0.3, 0.4) is 0 Å². The molecule has 5 atom stereocenters. The summed E-state index contributed by atoms with van der Waals surface area (Å²) in [6.07, 6.45) is -3.37. The maximum absolute atomic E-state index is 13.0. The number of hydrogen-bond acceptors (Lipinski definition) is 8. The van der Waals surface area contributed by atoms with Crippen LogP contribution in [0.25, 0.3) is 0 Å². The quantitative estimate of drug-likeness (QED) is 0.739. The van der Waals surface area contributed by atoms with E-state index in [1.54, 1.807) is 58.9 Å². The van der Waals surface area contributed by atoms with Gasteiger partial charge in [0.25, 0.3) is 5.91 Å². The fourth-order valence-electron chi connectivity index (χ4n) is 3.94. The predicted octanol–water partition coefficient (Wildman–Crippen LogP) is 2.20. The van der Waals surface area contributed by atoms with E-state index < -0.39 is 54.2 Å². The number of carbonyl (C=O) groups excluding carboxylic acids is 2. The van der Waals surface area contributed by atoms with E-state index in [0.29, 0.717) is 17.9 Å². The van der Waals surface area contributed by atoms with Crippen molar-refractivity contribution in [1.82, 2.24) is 0 Å². The molecule has 0 bridgehead atoms. The lowest BCUT2D eigenvalue weighted by atomic mass is 9.98. The van der Waals surface area contributed by atoms with E-state index in [4.69, 9.17) is 28.4 Å². The third-order valence-electron chi connectivity index (χ3n) is 5.08. The Morgan fingerprint density at radius 1 is 0.933 bits per heavy atom. The van der Waals surface area contributed by atoms with Crippen LogP contribution in [0.15, 0.2) is 24.3 Å². The molecule has 0 unspecified atom stereocenters. The van der Waals surface area contributed by atoms with E-state index in [0.717, 1.165) is 0 Å². The number of fused-ring (bicyclic) bond motifs is 3. The highest BCUT2D eigenvalue weighted by Crippen LogP contribution is 2.44. The fourth-order valence-corrected chi connectivity index (χ4v) is 3.94. The number of anilines is 1. The number of amides is 1. The number of esters is 1.